The summed E-state index contributed by atoms with van der Waals surface area (Å²) >= 11 is 0. The molecule has 96 heavy (non-hydrogen) atoms. The predicted molar refractivity (Wildman–Crippen MR) is 367 cm³/mol. The number of unbranched alkanes of at least 4 members (excludes halogenated alkanes) is 2. The van der Waals surface area contributed by atoms with Crippen LogP contribution in [0, 0.1) is 68.0 Å². The standard InChI is InChI=1S/C80H120N2O14/c1-18-56-61(82-60(83)32-26-21-27-43-81-71(85)96-72(6,7)8)49(3)63-67(90-56)80(94-63,95-70(84)79-41-39-73(9,10)44-55(79)54-33-34-59-76(15)37-35-48(2)74(11,12)58(76)36-38-78(59,17)77(54,16)40-42-79)68-66-65(92-75(13,14)93-66)64(51(5)89-68)91-69-50(4)62(87-46-53-30-24-20-25-31-53)57(47-88-69)86-45-52-28-22-19-23-29-52/h19-20,22-25,28-31,33,48-51,55-59,61-69H,18,21,26-27,32,34-47H2,1-17H3,(H,81,85)(H,82,83)/t48-,49?,50?,51+,55?,56-,57?,58-,59?,61?,62?,63?,64?,65?,66?,67+,68+,69-,76?,77+,78-,79?,80?/m0/s1. The fourth-order valence-corrected chi connectivity index (χ4v) is 20.9. The molecule has 16 heteroatoms. The molecule has 5 heterocycles. The van der Waals surface area contributed by atoms with Gasteiger partial charge in [0.05, 0.1) is 55.7 Å². The minimum absolute atomic E-state index is 0.00264. The summed E-state index contributed by atoms with van der Waals surface area (Å²) in [4.78, 5) is 43.1. The second kappa shape index (κ2) is 27.1. The van der Waals surface area contributed by atoms with Crippen molar-refractivity contribution in [2.75, 3.05) is 13.2 Å². The maximum atomic E-state index is 16.8. The Hall–Kier alpha value is -3.97. The maximum absolute atomic E-state index is 16.8. The van der Waals surface area contributed by atoms with Crippen LogP contribution in [0.1, 0.15) is 225 Å². The Bertz CT molecular complexity index is 3090. The van der Waals surface area contributed by atoms with E-state index in [9.17, 15) is 9.59 Å². The third kappa shape index (κ3) is 13.3. The number of ether oxygens (including phenoxy) is 11. The highest BCUT2D eigenvalue weighted by molar-refractivity contribution is 5.79. The fraction of sp³-hybridized carbons (Fsp3) is 0.787. The number of amides is 2. The highest BCUT2D eigenvalue weighted by atomic mass is 16.8. The Morgan fingerprint density at radius 3 is 2.04 bits per heavy atom. The van der Waals surface area contributed by atoms with Crippen molar-refractivity contribution in [3.63, 3.8) is 0 Å². The van der Waals surface area contributed by atoms with Gasteiger partial charge in [-0.05, 0) is 187 Å². The van der Waals surface area contributed by atoms with Crippen LogP contribution in [-0.4, -0.2) is 122 Å². The molecule has 0 spiro atoms. The Labute approximate surface area is 574 Å². The van der Waals surface area contributed by atoms with E-state index in [2.05, 4.69) is 117 Å². The van der Waals surface area contributed by atoms with Crippen LogP contribution in [0.4, 0.5) is 4.79 Å². The minimum atomic E-state index is -1.78. The summed E-state index contributed by atoms with van der Waals surface area (Å²) in [5, 5.41) is 6.21. The second-order valence-corrected chi connectivity index (χ2v) is 35.1. The van der Waals surface area contributed by atoms with Gasteiger partial charge in [-0.2, -0.15) is 0 Å². The number of benzene rings is 2. The van der Waals surface area contributed by atoms with Gasteiger partial charge in [-0.15, -0.1) is 0 Å². The molecule has 14 unspecified atom stereocenters. The van der Waals surface area contributed by atoms with Crippen molar-refractivity contribution in [3.05, 3.63) is 83.4 Å². The molecule has 0 bridgehead atoms. The van der Waals surface area contributed by atoms with Gasteiger partial charge in [0.1, 0.15) is 30.0 Å². The average Bonchev–Trinajstić information content (AvgIpc) is 0.865. The van der Waals surface area contributed by atoms with Crippen LogP contribution in [0.2, 0.25) is 0 Å². The molecule has 10 aliphatic rings. The van der Waals surface area contributed by atoms with E-state index in [0.717, 1.165) is 43.2 Å². The van der Waals surface area contributed by atoms with Gasteiger partial charge in [0, 0.05) is 24.8 Å². The SMILES string of the molecule is CC[C@@H]1O[C@@H]2C(OC2(OC(=O)C23CCC(C)(C)CC2C2=CCC4C5(C)CC[C@H](C)C(C)(C)[C@@H]5CC[C@]4(C)[C@]2(C)CC3)[C@@H]2O[C@H](C)C(O[C@@H]3OCC(OCc4ccccc4)C(OCc4ccccc4)C3C)C3OC(C)(C)OC32)C(C)C1NC(=O)CCCCCNC(=O)OC(C)(C)C. The van der Waals surface area contributed by atoms with E-state index in [1.54, 1.807) is 0 Å². The van der Waals surface area contributed by atoms with Crippen LogP contribution in [0.3, 0.4) is 0 Å². The van der Waals surface area contributed by atoms with E-state index >= 15 is 4.79 Å². The van der Waals surface area contributed by atoms with E-state index in [-0.39, 0.29) is 69.4 Å². The van der Waals surface area contributed by atoms with Crippen molar-refractivity contribution in [1.82, 2.24) is 10.6 Å². The zero-order valence-corrected chi connectivity index (χ0v) is 61.4. The zero-order chi connectivity index (χ0) is 68.8. The van der Waals surface area contributed by atoms with Gasteiger partial charge in [-0.3, -0.25) is 9.59 Å². The number of nitrogens with one attached hydrogen (secondary N) is 2. The maximum Gasteiger partial charge on any atom is 0.407 e. The van der Waals surface area contributed by atoms with E-state index in [0.29, 0.717) is 76.0 Å². The van der Waals surface area contributed by atoms with Crippen molar-refractivity contribution in [3.8, 4) is 0 Å². The Balaban J connectivity index is 0.836. The number of hydrogen-bond acceptors (Lipinski definition) is 14. The van der Waals surface area contributed by atoms with E-state index < -0.39 is 96.0 Å². The number of alkyl carbamates (subject to hydrolysis) is 1. The summed E-state index contributed by atoms with van der Waals surface area (Å²) in [6, 6.07) is 19.9. The van der Waals surface area contributed by atoms with Crippen LogP contribution in [0.5, 0.6) is 0 Å². The van der Waals surface area contributed by atoms with Gasteiger partial charge in [0.2, 0.25) is 5.91 Å². The first-order valence-corrected chi connectivity index (χ1v) is 37.4. The summed E-state index contributed by atoms with van der Waals surface area (Å²) in [5.41, 5.74) is 2.65. The monoisotopic (exact) mass is 1330 g/mol. The van der Waals surface area contributed by atoms with E-state index in [1.807, 2.05) is 77.9 Å². The van der Waals surface area contributed by atoms with Crippen molar-refractivity contribution in [2.24, 2.45) is 68.0 Å². The molecule has 2 aromatic carbocycles. The number of fused-ring (bicyclic) bond motifs is 9. The van der Waals surface area contributed by atoms with Gasteiger partial charge in [0.25, 0.3) is 5.79 Å². The number of hydrogen-bond donors (Lipinski definition) is 2. The lowest BCUT2D eigenvalue weighted by Crippen LogP contribution is -2.82. The summed E-state index contributed by atoms with van der Waals surface area (Å²) < 4.78 is 76.8. The van der Waals surface area contributed by atoms with Crippen molar-refractivity contribution in [1.29, 1.82) is 0 Å². The first-order chi connectivity index (χ1) is 45.3. The molecule has 0 aromatic heterocycles. The smallest absolute Gasteiger partial charge is 0.407 e. The van der Waals surface area contributed by atoms with Gasteiger partial charge in [-0.25, -0.2) is 4.79 Å². The summed E-state index contributed by atoms with van der Waals surface area (Å²) in [5.74, 6) is -1.88. The minimum Gasteiger partial charge on any atom is -0.444 e. The normalized spacial score (nSPS) is 42.6. The molecular weight excluding hydrogens is 1210 g/mol. The van der Waals surface area contributed by atoms with E-state index in [1.165, 1.54) is 31.3 Å². The third-order valence-corrected chi connectivity index (χ3v) is 26.8. The average molecular weight is 1330 g/mol. The molecule has 534 valence electrons. The number of rotatable bonds is 19. The number of esters is 1. The molecule has 2 N–H and O–H groups in total. The van der Waals surface area contributed by atoms with Gasteiger partial charge >= 0.3 is 12.1 Å². The number of carbonyl (C=O) groups excluding carboxylic acids is 3. The first-order valence-electron chi connectivity index (χ1n) is 37.4. The van der Waals surface area contributed by atoms with Crippen molar-refractivity contribution in [2.45, 2.75) is 318 Å². The molecule has 0 radical (unpaired) electrons. The molecule has 5 saturated heterocycles. The third-order valence-electron chi connectivity index (χ3n) is 26.8. The van der Waals surface area contributed by atoms with Crippen LogP contribution < -0.4 is 10.6 Å². The summed E-state index contributed by atoms with van der Waals surface area (Å²) in [7, 11) is 0. The molecule has 12 rings (SSSR count). The quantitative estimate of drug-likeness (QED) is 0.0771. The molecule has 2 aromatic rings. The zero-order valence-electron chi connectivity index (χ0n) is 61.4. The molecule has 16 nitrogen and oxygen atoms in total. The molecule has 5 aliphatic carbocycles. The molecule has 2 amide bonds. The topological polar surface area (TPSA) is 177 Å². The Morgan fingerprint density at radius 2 is 1.35 bits per heavy atom. The lowest BCUT2D eigenvalue weighted by atomic mass is 9.33. The summed E-state index contributed by atoms with van der Waals surface area (Å²) in [6.45, 7) is 39.4. The van der Waals surface area contributed by atoms with Crippen LogP contribution in [0.15, 0.2) is 72.3 Å². The van der Waals surface area contributed by atoms with Crippen LogP contribution >= 0.6 is 0 Å². The van der Waals surface area contributed by atoms with Crippen molar-refractivity contribution >= 4 is 18.0 Å². The lowest BCUT2D eigenvalue weighted by molar-refractivity contribution is -0.465. The fourth-order valence-electron chi connectivity index (χ4n) is 20.9. The predicted octanol–water partition coefficient (Wildman–Crippen LogP) is 15.3. The van der Waals surface area contributed by atoms with Crippen LogP contribution in [-0.2, 0) is 74.9 Å². The molecular formula is C80H120N2O14. The van der Waals surface area contributed by atoms with Gasteiger partial charge < -0.3 is 62.7 Å². The number of allylic oxidation sites excluding steroid dienone is 2. The highest BCUT2D eigenvalue weighted by Gasteiger charge is 2.77. The lowest BCUT2D eigenvalue weighted by Gasteiger charge is -2.71. The molecule has 9 fully saturated rings. The van der Waals surface area contributed by atoms with Crippen molar-refractivity contribution < 1.29 is 66.5 Å². The Kier molecular flexibility index (Phi) is 20.3. The summed E-state index contributed by atoms with van der Waals surface area (Å²) in [6.07, 6.45) is 8.01. The van der Waals surface area contributed by atoms with E-state index in [4.69, 9.17) is 52.1 Å². The Morgan fingerprint density at radius 1 is 0.688 bits per heavy atom. The van der Waals surface area contributed by atoms with Crippen LogP contribution in [0.25, 0.3) is 0 Å². The molecule has 23 atom stereocenters. The second-order valence-electron chi connectivity index (χ2n) is 35.1. The molecule has 4 saturated carbocycles. The van der Waals surface area contributed by atoms with Gasteiger partial charge in [0.15, 0.2) is 24.3 Å². The largest absolute Gasteiger partial charge is 0.444 e. The molecule has 5 aliphatic heterocycles. The number of carbonyl (C=O) groups is 3. The first kappa shape index (κ1) is 71.8. The highest BCUT2D eigenvalue weighted by Crippen LogP contribution is 2.76. The van der Waals surface area contributed by atoms with Gasteiger partial charge in [-0.1, -0.05) is 155 Å².